The number of aryl methyl sites for hydroxylation is 2. The highest BCUT2D eigenvalue weighted by atomic mass is 16.5. The van der Waals surface area contributed by atoms with Gasteiger partial charge in [-0.25, -0.2) is 0 Å². The van der Waals surface area contributed by atoms with E-state index in [2.05, 4.69) is 6.07 Å². The lowest BCUT2D eigenvalue weighted by atomic mass is 9.91. The number of hydrogen-bond donors (Lipinski definition) is 0. The molecule has 34 heavy (non-hydrogen) atoms. The maximum atomic E-state index is 13.7. The van der Waals surface area contributed by atoms with Gasteiger partial charge in [-0.3, -0.25) is 4.79 Å². The molecule has 0 bridgehead atoms. The van der Waals surface area contributed by atoms with Crippen molar-refractivity contribution in [2.45, 2.75) is 26.3 Å². The molecule has 0 unspecified atom stereocenters. The molecule has 1 aliphatic rings. The van der Waals surface area contributed by atoms with E-state index in [0.717, 1.165) is 28.0 Å². The summed E-state index contributed by atoms with van der Waals surface area (Å²) in [6, 6.07) is 17.1. The largest absolute Gasteiger partial charge is 0.496 e. The smallest absolute Gasteiger partial charge is 0.258 e. The third-order valence-corrected chi connectivity index (χ3v) is 6.20. The number of benzene rings is 3. The maximum absolute atomic E-state index is 13.7. The van der Waals surface area contributed by atoms with E-state index in [1.165, 1.54) is 0 Å². The van der Waals surface area contributed by atoms with Crippen LogP contribution in [0.4, 0.5) is 0 Å². The van der Waals surface area contributed by atoms with Crippen molar-refractivity contribution in [1.82, 2.24) is 4.90 Å². The molecule has 0 N–H and O–H groups in total. The molecule has 3 aromatic carbocycles. The summed E-state index contributed by atoms with van der Waals surface area (Å²) in [7, 11) is 4.83. The van der Waals surface area contributed by atoms with Gasteiger partial charge in [0.2, 0.25) is 0 Å². The van der Waals surface area contributed by atoms with Crippen molar-refractivity contribution in [2.24, 2.45) is 0 Å². The molecule has 0 saturated heterocycles. The molecule has 6 nitrogen and oxygen atoms in total. The number of fused-ring (bicyclic) bond motifs is 1. The van der Waals surface area contributed by atoms with Crippen LogP contribution in [0.25, 0.3) is 0 Å². The lowest BCUT2D eigenvalue weighted by Gasteiger charge is -2.38. The van der Waals surface area contributed by atoms with Crippen LogP contribution in [0.2, 0.25) is 0 Å². The molecule has 178 valence electrons. The molecular formula is C28H31NO5. The summed E-state index contributed by atoms with van der Waals surface area (Å²) in [6.07, 6.45) is 0.705. The van der Waals surface area contributed by atoms with E-state index in [-0.39, 0.29) is 11.9 Å². The van der Waals surface area contributed by atoms with E-state index < -0.39 is 0 Å². The van der Waals surface area contributed by atoms with Gasteiger partial charge in [0.25, 0.3) is 5.91 Å². The lowest BCUT2D eigenvalue weighted by Crippen LogP contribution is -2.42. The average Bonchev–Trinajstić information content (AvgIpc) is 2.85. The monoisotopic (exact) mass is 461 g/mol. The zero-order valence-corrected chi connectivity index (χ0v) is 20.4. The fourth-order valence-electron chi connectivity index (χ4n) is 4.62. The summed E-state index contributed by atoms with van der Waals surface area (Å²) in [5.74, 6) is 2.56. The number of amides is 1. The van der Waals surface area contributed by atoms with Crippen molar-refractivity contribution < 1.29 is 23.7 Å². The summed E-state index contributed by atoms with van der Waals surface area (Å²) >= 11 is 0. The highest BCUT2D eigenvalue weighted by Gasteiger charge is 2.34. The van der Waals surface area contributed by atoms with E-state index in [1.807, 2.05) is 55.1 Å². The van der Waals surface area contributed by atoms with Gasteiger partial charge in [0.15, 0.2) is 11.5 Å². The quantitative estimate of drug-likeness (QED) is 0.487. The van der Waals surface area contributed by atoms with Gasteiger partial charge < -0.3 is 23.8 Å². The van der Waals surface area contributed by atoms with Crippen LogP contribution < -0.4 is 18.9 Å². The molecule has 0 aromatic heterocycles. The highest BCUT2D eigenvalue weighted by molar-refractivity contribution is 5.97. The van der Waals surface area contributed by atoms with Gasteiger partial charge in [-0.05, 0) is 78.9 Å². The zero-order chi connectivity index (χ0) is 24.2. The Bertz CT molecular complexity index is 1170. The molecule has 1 amide bonds. The number of carbonyl (C=O) groups is 1. The standard InChI is InChI=1S/C28H31NO5/c1-18-12-19(2)14-21(13-18)34-17-24-23-16-27(33-5)26(32-4)15-20(23)10-11-29(24)28(30)22-8-6-7-9-25(22)31-3/h6-9,12-16,24H,10-11,17H2,1-5H3/t24-/m0/s1. The minimum atomic E-state index is -0.304. The molecule has 0 fully saturated rings. The Morgan fingerprint density at radius 1 is 0.882 bits per heavy atom. The zero-order valence-electron chi connectivity index (χ0n) is 20.4. The van der Waals surface area contributed by atoms with Crippen molar-refractivity contribution in [1.29, 1.82) is 0 Å². The molecule has 3 aromatic rings. The molecule has 1 heterocycles. The Labute approximate surface area is 201 Å². The van der Waals surface area contributed by atoms with Gasteiger partial charge in [-0.15, -0.1) is 0 Å². The molecule has 1 atom stereocenters. The van der Waals surface area contributed by atoms with E-state index >= 15 is 0 Å². The predicted molar refractivity (Wildman–Crippen MR) is 131 cm³/mol. The molecule has 4 rings (SSSR count). The van der Waals surface area contributed by atoms with Gasteiger partial charge in [0, 0.05) is 6.54 Å². The molecule has 0 saturated carbocycles. The number of hydrogen-bond acceptors (Lipinski definition) is 5. The third kappa shape index (κ3) is 4.67. The van der Waals surface area contributed by atoms with Crippen LogP contribution in [0.15, 0.2) is 54.6 Å². The van der Waals surface area contributed by atoms with E-state index in [1.54, 1.807) is 33.5 Å². The Hall–Kier alpha value is -3.67. The second-order valence-corrected chi connectivity index (χ2v) is 8.51. The fourth-order valence-corrected chi connectivity index (χ4v) is 4.62. The summed E-state index contributed by atoms with van der Waals surface area (Å²) in [6.45, 7) is 4.96. The van der Waals surface area contributed by atoms with Crippen molar-refractivity contribution in [3.63, 3.8) is 0 Å². The molecule has 0 spiro atoms. The van der Waals surface area contributed by atoms with Gasteiger partial charge in [-0.2, -0.15) is 0 Å². The maximum Gasteiger partial charge on any atom is 0.258 e. The average molecular weight is 462 g/mol. The summed E-state index contributed by atoms with van der Waals surface area (Å²) in [5.41, 5.74) is 4.91. The SMILES string of the molecule is COc1cc2c(cc1OC)[C@H](COc1cc(C)cc(C)c1)N(C(=O)c1ccccc1OC)CC2. The number of para-hydroxylation sites is 1. The summed E-state index contributed by atoms with van der Waals surface area (Å²) in [5, 5.41) is 0. The minimum absolute atomic E-state index is 0.0908. The minimum Gasteiger partial charge on any atom is -0.496 e. The molecule has 0 radical (unpaired) electrons. The number of ether oxygens (including phenoxy) is 4. The Morgan fingerprint density at radius 2 is 1.53 bits per heavy atom. The molecule has 1 aliphatic heterocycles. The van der Waals surface area contributed by atoms with Crippen LogP contribution in [-0.2, 0) is 6.42 Å². The van der Waals surface area contributed by atoms with Crippen molar-refractivity contribution in [3.8, 4) is 23.0 Å². The Morgan fingerprint density at radius 3 is 2.21 bits per heavy atom. The van der Waals surface area contributed by atoms with Crippen LogP contribution in [0.5, 0.6) is 23.0 Å². The second-order valence-electron chi connectivity index (χ2n) is 8.51. The fraction of sp³-hybridized carbons (Fsp3) is 0.321. The number of rotatable bonds is 7. The van der Waals surface area contributed by atoms with Gasteiger partial charge in [0.05, 0.1) is 32.9 Å². The lowest BCUT2D eigenvalue weighted by molar-refractivity contribution is 0.0586. The van der Waals surface area contributed by atoms with E-state index in [0.29, 0.717) is 42.4 Å². The van der Waals surface area contributed by atoms with E-state index in [9.17, 15) is 4.79 Å². The van der Waals surface area contributed by atoms with Gasteiger partial charge in [0.1, 0.15) is 18.1 Å². The number of nitrogens with zero attached hydrogens (tertiary/aromatic N) is 1. The first-order valence-corrected chi connectivity index (χ1v) is 11.3. The molecule has 6 heteroatoms. The number of methoxy groups -OCH3 is 3. The van der Waals surface area contributed by atoms with Crippen LogP contribution in [0.1, 0.15) is 38.7 Å². The number of carbonyl (C=O) groups excluding carboxylic acids is 1. The first-order valence-electron chi connectivity index (χ1n) is 11.3. The van der Waals surface area contributed by atoms with Crippen LogP contribution in [0, 0.1) is 13.8 Å². The van der Waals surface area contributed by atoms with Gasteiger partial charge in [-0.1, -0.05) is 18.2 Å². The third-order valence-electron chi connectivity index (χ3n) is 6.20. The van der Waals surface area contributed by atoms with E-state index in [4.69, 9.17) is 18.9 Å². The predicted octanol–water partition coefficient (Wildman–Crippen LogP) is 5.15. The summed E-state index contributed by atoms with van der Waals surface area (Å²) in [4.78, 5) is 15.6. The normalized spacial score (nSPS) is 14.9. The highest BCUT2D eigenvalue weighted by Crippen LogP contribution is 2.39. The first kappa shape index (κ1) is 23.5. The molecular weight excluding hydrogens is 430 g/mol. The Balaban J connectivity index is 1.74. The van der Waals surface area contributed by atoms with Crippen molar-refractivity contribution in [3.05, 3.63) is 82.4 Å². The topological polar surface area (TPSA) is 57.2 Å². The van der Waals surface area contributed by atoms with Crippen molar-refractivity contribution in [2.75, 3.05) is 34.5 Å². The van der Waals surface area contributed by atoms with Crippen LogP contribution >= 0.6 is 0 Å². The second kappa shape index (κ2) is 10.1. The van der Waals surface area contributed by atoms with Gasteiger partial charge >= 0.3 is 0 Å². The Kier molecular flexibility index (Phi) is 6.96. The van der Waals surface area contributed by atoms with Crippen molar-refractivity contribution >= 4 is 5.91 Å². The molecule has 0 aliphatic carbocycles. The first-order chi connectivity index (χ1) is 16.4. The van der Waals surface area contributed by atoms with Crippen LogP contribution in [0.3, 0.4) is 0 Å². The van der Waals surface area contributed by atoms with Crippen LogP contribution in [-0.4, -0.2) is 45.3 Å². The summed E-state index contributed by atoms with van der Waals surface area (Å²) < 4.78 is 22.8.